The van der Waals surface area contributed by atoms with Crippen molar-refractivity contribution in [1.29, 1.82) is 0 Å². The molecule has 0 fully saturated rings. The first-order valence-electron chi connectivity index (χ1n) is 4.28. The second-order valence-corrected chi connectivity index (χ2v) is 2.79. The second-order valence-electron chi connectivity index (χ2n) is 2.79. The smallest absolute Gasteiger partial charge is 0.335 e. The summed E-state index contributed by atoms with van der Waals surface area (Å²) in [6, 6.07) is 4.21. The third kappa shape index (κ3) is 2.47. The number of hydrogen-bond donors (Lipinski definition) is 2. The average molecular weight is 196 g/mol. The lowest BCUT2D eigenvalue weighted by molar-refractivity contribution is 0.0696. The van der Waals surface area contributed by atoms with Crippen LogP contribution in [-0.4, -0.2) is 22.8 Å². The molecular weight excluding hydrogens is 184 g/mol. The second kappa shape index (κ2) is 4.62. The van der Waals surface area contributed by atoms with Crippen molar-refractivity contribution in [3.63, 3.8) is 0 Å². The first kappa shape index (κ1) is 10.5. The van der Waals surface area contributed by atoms with Gasteiger partial charge in [0.25, 0.3) is 0 Å². The Morgan fingerprint density at radius 2 is 2.21 bits per heavy atom. The van der Waals surface area contributed by atoms with E-state index < -0.39 is 5.97 Å². The molecule has 0 spiro atoms. The molecule has 0 bridgehead atoms. The van der Waals surface area contributed by atoms with Crippen LogP contribution < -0.4 is 0 Å². The summed E-state index contributed by atoms with van der Waals surface area (Å²) in [5.74, 6) is -1.10. The standard InChI is InChI=1S/C10H12O4/c1-2-14-6-8-4-3-7(10(12)13)5-9(8)11/h3-5,11H,2,6H2,1H3,(H,12,13). The van der Waals surface area contributed by atoms with Crippen molar-refractivity contribution in [2.75, 3.05) is 6.61 Å². The zero-order chi connectivity index (χ0) is 10.6. The molecule has 0 aromatic heterocycles. The lowest BCUT2D eigenvalue weighted by Gasteiger charge is -2.05. The summed E-state index contributed by atoms with van der Waals surface area (Å²) in [5, 5.41) is 18.1. The maximum Gasteiger partial charge on any atom is 0.335 e. The number of carbonyl (C=O) groups is 1. The van der Waals surface area contributed by atoms with Crippen LogP contribution in [0.25, 0.3) is 0 Å². The Labute approximate surface area is 81.8 Å². The fraction of sp³-hybridized carbons (Fsp3) is 0.300. The van der Waals surface area contributed by atoms with E-state index in [-0.39, 0.29) is 11.3 Å². The topological polar surface area (TPSA) is 66.8 Å². The molecule has 1 aromatic rings. The molecule has 0 aliphatic heterocycles. The van der Waals surface area contributed by atoms with E-state index in [9.17, 15) is 9.90 Å². The fourth-order valence-corrected chi connectivity index (χ4v) is 1.03. The van der Waals surface area contributed by atoms with E-state index in [1.807, 2.05) is 6.92 Å². The molecule has 0 unspecified atom stereocenters. The van der Waals surface area contributed by atoms with E-state index in [1.54, 1.807) is 6.07 Å². The number of hydrogen-bond acceptors (Lipinski definition) is 3. The Morgan fingerprint density at radius 3 is 2.71 bits per heavy atom. The molecule has 76 valence electrons. The summed E-state index contributed by atoms with van der Waals surface area (Å²) in [5.41, 5.74) is 0.666. The molecule has 0 amide bonds. The fourth-order valence-electron chi connectivity index (χ4n) is 1.03. The van der Waals surface area contributed by atoms with Crippen molar-refractivity contribution in [2.45, 2.75) is 13.5 Å². The number of aromatic carboxylic acids is 1. The predicted molar refractivity (Wildman–Crippen MR) is 50.4 cm³/mol. The Hall–Kier alpha value is -1.55. The monoisotopic (exact) mass is 196 g/mol. The van der Waals surface area contributed by atoms with Gasteiger partial charge in [-0.1, -0.05) is 6.07 Å². The zero-order valence-electron chi connectivity index (χ0n) is 7.86. The van der Waals surface area contributed by atoms with Crippen LogP contribution in [0.5, 0.6) is 5.75 Å². The van der Waals surface area contributed by atoms with Crippen molar-refractivity contribution in [3.8, 4) is 5.75 Å². The van der Waals surface area contributed by atoms with Crippen LogP contribution in [0.3, 0.4) is 0 Å². The lowest BCUT2D eigenvalue weighted by Crippen LogP contribution is -1.98. The molecule has 4 heteroatoms. The first-order valence-corrected chi connectivity index (χ1v) is 4.28. The third-order valence-corrected chi connectivity index (χ3v) is 1.79. The minimum Gasteiger partial charge on any atom is -0.508 e. The lowest BCUT2D eigenvalue weighted by atomic mass is 10.1. The van der Waals surface area contributed by atoms with Gasteiger partial charge in [0.1, 0.15) is 5.75 Å². The van der Waals surface area contributed by atoms with Gasteiger partial charge >= 0.3 is 5.97 Å². The molecule has 4 nitrogen and oxygen atoms in total. The Kier molecular flexibility index (Phi) is 3.48. The summed E-state index contributed by atoms with van der Waals surface area (Å²) in [6.07, 6.45) is 0. The van der Waals surface area contributed by atoms with E-state index in [1.165, 1.54) is 12.1 Å². The van der Waals surface area contributed by atoms with Gasteiger partial charge in [-0.3, -0.25) is 0 Å². The summed E-state index contributed by atoms with van der Waals surface area (Å²) in [4.78, 5) is 10.5. The Morgan fingerprint density at radius 1 is 1.50 bits per heavy atom. The first-order chi connectivity index (χ1) is 6.65. The largest absolute Gasteiger partial charge is 0.508 e. The maximum absolute atomic E-state index is 10.5. The van der Waals surface area contributed by atoms with Crippen LogP contribution in [0.2, 0.25) is 0 Å². The van der Waals surface area contributed by atoms with E-state index in [0.717, 1.165) is 0 Å². The minimum atomic E-state index is -1.05. The highest BCUT2D eigenvalue weighted by Gasteiger charge is 2.07. The highest BCUT2D eigenvalue weighted by Crippen LogP contribution is 2.19. The van der Waals surface area contributed by atoms with Crippen molar-refractivity contribution in [1.82, 2.24) is 0 Å². The van der Waals surface area contributed by atoms with Gasteiger partial charge in [0.05, 0.1) is 12.2 Å². The normalized spacial score (nSPS) is 10.1. The molecule has 1 rings (SSSR count). The van der Waals surface area contributed by atoms with Crippen LogP contribution in [0.1, 0.15) is 22.8 Å². The van der Waals surface area contributed by atoms with Crippen LogP contribution >= 0.6 is 0 Å². The number of benzene rings is 1. The number of carboxylic acid groups (broad SMARTS) is 1. The van der Waals surface area contributed by atoms with E-state index in [0.29, 0.717) is 18.8 Å². The number of carboxylic acids is 1. The van der Waals surface area contributed by atoms with Crippen LogP contribution in [0.15, 0.2) is 18.2 Å². The maximum atomic E-state index is 10.5. The summed E-state index contributed by atoms with van der Waals surface area (Å²) < 4.78 is 5.09. The predicted octanol–water partition coefficient (Wildman–Crippen LogP) is 1.63. The van der Waals surface area contributed by atoms with E-state index >= 15 is 0 Å². The zero-order valence-corrected chi connectivity index (χ0v) is 7.86. The SMILES string of the molecule is CCOCc1ccc(C(=O)O)cc1O. The molecular formula is C10H12O4. The van der Waals surface area contributed by atoms with Crippen molar-refractivity contribution >= 4 is 5.97 Å². The van der Waals surface area contributed by atoms with Gasteiger partial charge in [-0.05, 0) is 19.1 Å². The molecule has 0 saturated heterocycles. The van der Waals surface area contributed by atoms with E-state index in [4.69, 9.17) is 9.84 Å². The Balaban J connectivity index is 2.84. The average Bonchev–Trinajstić information content (AvgIpc) is 2.15. The highest BCUT2D eigenvalue weighted by molar-refractivity contribution is 5.88. The van der Waals surface area contributed by atoms with E-state index in [2.05, 4.69) is 0 Å². The van der Waals surface area contributed by atoms with Gasteiger partial charge in [-0.2, -0.15) is 0 Å². The van der Waals surface area contributed by atoms with Crippen molar-refractivity contribution in [2.24, 2.45) is 0 Å². The number of ether oxygens (including phenoxy) is 1. The van der Waals surface area contributed by atoms with Crippen molar-refractivity contribution in [3.05, 3.63) is 29.3 Å². The summed E-state index contributed by atoms with van der Waals surface area (Å²) in [6.45, 7) is 2.70. The molecule has 0 saturated carbocycles. The molecule has 0 heterocycles. The number of aromatic hydroxyl groups is 1. The third-order valence-electron chi connectivity index (χ3n) is 1.79. The highest BCUT2D eigenvalue weighted by atomic mass is 16.5. The molecule has 0 atom stereocenters. The minimum absolute atomic E-state index is 0.0432. The molecule has 0 radical (unpaired) electrons. The van der Waals surface area contributed by atoms with Gasteiger partial charge in [0.15, 0.2) is 0 Å². The molecule has 2 N–H and O–H groups in total. The van der Waals surface area contributed by atoms with Gasteiger partial charge < -0.3 is 14.9 Å². The van der Waals surface area contributed by atoms with Crippen LogP contribution in [0.4, 0.5) is 0 Å². The molecule has 1 aromatic carbocycles. The molecule has 14 heavy (non-hydrogen) atoms. The van der Waals surface area contributed by atoms with Crippen LogP contribution in [-0.2, 0) is 11.3 Å². The van der Waals surface area contributed by atoms with Gasteiger partial charge in [0, 0.05) is 12.2 Å². The van der Waals surface area contributed by atoms with Gasteiger partial charge in [-0.25, -0.2) is 4.79 Å². The quantitative estimate of drug-likeness (QED) is 0.768. The van der Waals surface area contributed by atoms with Gasteiger partial charge in [-0.15, -0.1) is 0 Å². The summed E-state index contributed by atoms with van der Waals surface area (Å²) in [7, 11) is 0. The number of rotatable bonds is 4. The van der Waals surface area contributed by atoms with Crippen LogP contribution in [0, 0.1) is 0 Å². The van der Waals surface area contributed by atoms with Gasteiger partial charge in [0.2, 0.25) is 0 Å². The summed E-state index contributed by atoms with van der Waals surface area (Å²) >= 11 is 0. The molecule has 0 aliphatic carbocycles. The molecule has 0 aliphatic rings. The Bertz CT molecular complexity index is 333. The van der Waals surface area contributed by atoms with Crippen molar-refractivity contribution < 1.29 is 19.7 Å². The number of phenolic OH excluding ortho intramolecular Hbond substituents is 1. The number of phenols is 1.